The van der Waals surface area contributed by atoms with Gasteiger partial charge in [0.05, 0.1) is 13.7 Å². The standard InChI is InChI=1S/C23H26N2O5S/c1-5-15(2)24-22(26)19-8-6-17(7-9-19)14-25-23(27)16(3)21(31(25,28)29)18-10-12-20(30-4)13-11-18/h6-13,15H,5,14H2,1-4H3,(H,24,26)/t15-/m1/s1. The lowest BCUT2D eigenvalue weighted by atomic mass is 10.1. The molecule has 2 amide bonds. The second-order valence-electron chi connectivity index (χ2n) is 7.48. The number of hydrogen-bond donors (Lipinski definition) is 1. The van der Waals surface area contributed by atoms with Crippen LogP contribution in [-0.2, 0) is 21.4 Å². The number of carbonyl (C=O) groups is 2. The van der Waals surface area contributed by atoms with Gasteiger partial charge in [0.25, 0.3) is 21.8 Å². The number of methoxy groups -OCH3 is 1. The minimum absolute atomic E-state index is 0.00436. The average molecular weight is 443 g/mol. The highest BCUT2D eigenvalue weighted by Crippen LogP contribution is 2.36. The van der Waals surface area contributed by atoms with Crippen LogP contribution >= 0.6 is 0 Å². The van der Waals surface area contributed by atoms with Crippen molar-refractivity contribution >= 4 is 26.7 Å². The fourth-order valence-corrected chi connectivity index (χ4v) is 5.10. The predicted octanol–water partition coefficient (Wildman–Crippen LogP) is 3.33. The summed E-state index contributed by atoms with van der Waals surface area (Å²) in [5.41, 5.74) is 1.70. The van der Waals surface area contributed by atoms with Gasteiger partial charge in [-0.3, -0.25) is 9.59 Å². The van der Waals surface area contributed by atoms with Gasteiger partial charge in [-0.15, -0.1) is 0 Å². The van der Waals surface area contributed by atoms with Crippen LogP contribution in [0, 0.1) is 0 Å². The highest BCUT2D eigenvalue weighted by molar-refractivity contribution is 7.99. The molecule has 0 bridgehead atoms. The molecule has 2 aromatic rings. The van der Waals surface area contributed by atoms with E-state index in [-0.39, 0.29) is 29.0 Å². The van der Waals surface area contributed by atoms with Crippen molar-refractivity contribution in [2.75, 3.05) is 7.11 Å². The van der Waals surface area contributed by atoms with E-state index in [0.29, 0.717) is 22.4 Å². The first-order chi connectivity index (χ1) is 14.7. The Morgan fingerprint density at radius 2 is 1.71 bits per heavy atom. The van der Waals surface area contributed by atoms with E-state index in [0.717, 1.165) is 10.7 Å². The molecule has 0 radical (unpaired) electrons. The van der Waals surface area contributed by atoms with Gasteiger partial charge in [-0.25, -0.2) is 12.7 Å². The molecule has 0 fully saturated rings. The fraction of sp³-hybridized carbons (Fsp3) is 0.304. The molecular weight excluding hydrogens is 416 g/mol. The van der Waals surface area contributed by atoms with Gasteiger partial charge in [0, 0.05) is 17.2 Å². The summed E-state index contributed by atoms with van der Waals surface area (Å²) in [5, 5.41) is 2.88. The van der Waals surface area contributed by atoms with Crippen molar-refractivity contribution in [3.05, 3.63) is 70.8 Å². The molecule has 1 N–H and O–H groups in total. The summed E-state index contributed by atoms with van der Waals surface area (Å²) < 4.78 is 32.3. The summed E-state index contributed by atoms with van der Waals surface area (Å²) in [6.07, 6.45) is 0.821. The first-order valence-corrected chi connectivity index (χ1v) is 11.4. The zero-order valence-electron chi connectivity index (χ0n) is 18.0. The number of carbonyl (C=O) groups excluding carboxylic acids is 2. The van der Waals surface area contributed by atoms with Crippen molar-refractivity contribution < 1.29 is 22.7 Å². The molecule has 2 aromatic carbocycles. The van der Waals surface area contributed by atoms with Crippen LogP contribution in [0.25, 0.3) is 4.91 Å². The van der Waals surface area contributed by atoms with Gasteiger partial charge in [0.1, 0.15) is 10.7 Å². The third kappa shape index (κ3) is 4.49. The van der Waals surface area contributed by atoms with Crippen molar-refractivity contribution in [3.8, 4) is 5.75 Å². The number of rotatable bonds is 7. The highest BCUT2D eigenvalue weighted by atomic mass is 32.2. The molecule has 1 aliphatic heterocycles. The van der Waals surface area contributed by atoms with Gasteiger partial charge in [0.2, 0.25) is 0 Å². The summed E-state index contributed by atoms with van der Waals surface area (Å²) >= 11 is 0. The minimum atomic E-state index is -4.00. The zero-order valence-corrected chi connectivity index (χ0v) is 18.8. The number of nitrogens with one attached hydrogen (secondary N) is 1. The SMILES string of the molecule is CC[C@@H](C)NC(=O)c1ccc(CN2C(=O)C(C)=C(c3ccc(OC)cc3)S2(=O)=O)cc1. The second kappa shape index (κ2) is 8.93. The Hall–Kier alpha value is -3.13. The van der Waals surface area contributed by atoms with Crippen molar-refractivity contribution in [1.29, 1.82) is 0 Å². The maximum absolute atomic E-state index is 13.2. The summed E-state index contributed by atoms with van der Waals surface area (Å²) in [4.78, 5) is 25.0. The van der Waals surface area contributed by atoms with Crippen molar-refractivity contribution in [2.24, 2.45) is 0 Å². The molecule has 0 aromatic heterocycles. The van der Waals surface area contributed by atoms with Gasteiger partial charge in [-0.2, -0.15) is 0 Å². The van der Waals surface area contributed by atoms with Crippen LogP contribution in [0.4, 0.5) is 0 Å². The Bertz CT molecular complexity index is 1120. The minimum Gasteiger partial charge on any atom is -0.497 e. The van der Waals surface area contributed by atoms with Gasteiger partial charge < -0.3 is 10.1 Å². The van der Waals surface area contributed by atoms with Crippen LogP contribution in [0.5, 0.6) is 5.75 Å². The van der Waals surface area contributed by atoms with E-state index in [1.54, 1.807) is 48.5 Å². The van der Waals surface area contributed by atoms with E-state index in [2.05, 4.69) is 5.32 Å². The van der Waals surface area contributed by atoms with Crippen LogP contribution in [0.3, 0.4) is 0 Å². The molecule has 8 heteroatoms. The number of benzene rings is 2. The second-order valence-corrected chi connectivity index (χ2v) is 9.28. The zero-order chi connectivity index (χ0) is 22.8. The Balaban J connectivity index is 1.81. The Morgan fingerprint density at radius 1 is 1.10 bits per heavy atom. The maximum atomic E-state index is 13.2. The molecule has 0 unspecified atom stereocenters. The topological polar surface area (TPSA) is 92.8 Å². The number of amides is 2. The molecule has 3 rings (SSSR count). The molecule has 0 aliphatic carbocycles. The van der Waals surface area contributed by atoms with Gasteiger partial charge >= 0.3 is 0 Å². The Kier molecular flexibility index (Phi) is 6.50. The monoisotopic (exact) mass is 442 g/mol. The molecule has 164 valence electrons. The number of hydrogen-bond acceptors (Lipinski definition) is 5. The first-order valence-electron chi connectivity index (χ1n) is 10.0. The van der Waals surface area contributed by atoms with Gasteiger partial charge in [0.15, 0.2) is 0 Å². The third-order valence-electron chi connectivity index (χ3n) is 5.32. The van der Waals surface area contributed by atoms with Crippen molar-refractivity contribution in [2.45, 2.75) is 39.8 Å². The highest BCUT2D eigenvalue weighted by Gasteiger charge is 2.42. The van der Waals surface area contributed by atoms with E-state index in [9.17, 15) is 18.0 Å². The van der Waals surface area contributed by atoms with E-state index >= 15 is 0 Å². The molecule has 1 aliphatic rings. The Morgan fingerprint density at radius 3 is 2.26 bits per heavy atom. The molecule has 7 nitrogen and oxygen atoms in total. The molecule has 31 heavy (non-hydrogen) atoms. The van der Waals surface area contributed by atoms with E-state index in [1.165, 1.54) is 14.0 Å². The fourth-order valence-electron chi connectivity index (χ4n) is 3.30. The summed E-state index contributed by atoms with van der Waals surface area (Å²) in [7, 11) is -2.48. The summed E-state index contributed by atoms with van der Waals surface area (Å²) in [6, 6.07) is 13.2. The van der Waals surface area contributed by atoms with Crippen LogP contribution in [-0.4, -0.2) is 37.7 Å². The molecule has 1 heterocycles. The molecule has 1 atom stereocenters. The maximum Gasteiger partial charge on any atom is 0.268 e. The van der Waals surface area contributed by atoms with E-state index in [4.69, 9.17) is 4.74 Å². The van der Waals surface area contributed by atoms with E-state index < -0.39 is 15.9 Å². The lowest BCUT2D eigenvalue weighted by Crippen LogP contribution is -2.32. The summed E-state index contributed by atoms with van der Waals surface area (Å²) in [5.74, 6) is -0.146. The van der Waals surface area contributed by atoms with Crippen molar-refractivity contribution in [3.63, 3.8) is 0 Å². The molecule has 0 saturated carbocycles. The normalized spacial score (nSPS) is 16.4. The van der Waals surface area contributed by atoms with Crippen LogP contribution < -0.4 is 10.1 Å². The van der Waals surface area contributed by atoms with Gasteiger partial charge in [-0.1, -0.05) is 19.1 Å². The van der Waals surface area contributed by atoms with Crippen molar-refractivity contribution in [1.82, 2.24) is 9.62 Å². The number of sulfonamides is 1. The Labute approximate surface area is 182 Å². The van der Waals surface area contributed by atoms with Gasteiger partial charge in [-0.05, 0) is 67.8 Å². The third-order valence-corrected chi connectivity index (χ3v) is 7.25. The smallest absolute Gasteiger partial charge is 0.268 e. The first kappa shape index (κ1) is 22.6. The van der Waals surface area contributed by atoms with Crippen LogP contribution in [0.15, 0.2) is 54.1 Å². The quantitative estimate of drug-likeness (QED) is 0.710. The number of ether oxygens (including phenoxy) is 1. The summed E-state index contributed by atoms with van der Waals surface area (Å²) in [6.45, 7) is 5.32. The van der Waals surface area contributed by atoms with E-state index in [1.807, 2.05) is 13.8 Å². The number of nitrogens with zero attached hydrogens (tertiary/aromatic N) is 1. The largest absolute Gasteiger partial charge is 0.497 e. The molecule has 0 saturated heterocycles. The lowest BCUT2D eigenvalue weighted by Gasteiger charge is -2.17. The predicted molar refractivity (Wildman–Crippen MR) is 119 cm³/mol. The average Bonchev–Trinajstić information content (AvgIpc) is 2.93. The molecular formula is C23H26N2O5S. The van der Waals surface area contributed by atoms with Crippen LogP contribution in [0.2, 0.25) is 0 Å². The lowest BCUT2D eigenvalue weighted by molar-refractivity contribution is -0.122. The molecule has 0 spiro atoms. The van der Waals surface area contributed by atoms with Crippen LogP contribution in [0.1, 0.15) is 48.7 Å².